The highest BCUT2D eigenvalue weighted by atomic mass is 16.5. The van der Waals surface area contributed by atoms with Gasteiger partial charge in [-0.3, -0.25) is 4.79 Å². The lowest BCUT2D eigenvalue weighted by Crippen LogP contribution is -2.29. The number of hydrogen-bond donors (Lipinski definition) is 2. The third-order valence-electron chi connectivity index (χ3n) is 3.14. The average Bonchev–Trinajstić information content (AvgIpc) is 3.16. The first-order valence-corrected chi connectivity index (χ1v) is 6.50. The lowest BCUT2D eigenvalue weighted by Gasteiger charge is -2.13. The average molecular weight is 273 g/mol. The highest BCUT2D eigenvalue weighted by Gasteiger charge is 2.15. The minimum absolute atomic E-state index is 0.244. The van der Waals surface area contributed by atoms with Crippen molar-refractivity contribution in [1.82, 2.24) is 15.8 Å². The predicted molar refractivity (Wildman–Crippen MR) is 72.1 cm³/mol. The van der Waals surface area contributed by atoms with Crippen LogP contribution in [-0.2, 0) is 0 Å². The summed E-state index contributed by atoms with van der Waals surface area (Å²) < 4.78 is 10.3. The van der Waals surface area contributed by atoms with Gasteiger partial charge in [-0.05, 0) is 25.1 Å². The molecule has 0 saturated carbocycles. The Kier molecular flexibility index (Phi) is 3.64. The van der Waals surface area contributed by atoms with Gasteiger partial charge < -0.3 is 19.6 Å². The van der Waals surface area contributed by atoms with Crippen LogP contribution in [0.1, 0.15) is 16.9 Å². The number of carbonyl (C=O) groups excluding carboxylic acids is 1. The van der Waals surface area contributed by atoms with Crippen LogP contribution in [0.25, 0.3) is 11.5 Å². The standard InChI is InChI=1S/C14H15N3O3/c18-14(16-9-10-3-5-15-6-4-10)11-8-13(20-17-11)12-2-1-7-19-12/h1-3,7-8,15H,4-6,9H2,(H,16,18). The summed E-state index contributed by atoms with van der Waals surface area (Å²) in [6, 6.07) is 5.08. The molecule has 0 aromatic carbocycles. The Balaban J connectivity index is 1.61. The van der Waals surface area contributed by atoms with Crippen LogP contribution in [0.3, 0.4) is 0 Å². The van der Waals surface area contributed by atoms with E-state index in [4.69, 9.17) is 8.94 Å². The lowest BCUT2D eigenvalue weighted by molar-refractivity contribution is 0.0947. The van der Waals surface area contributed by atoms with Gasteiger partial charge in [0.15, 0.2) is 11.5 Å². The van der Waals surface area contributed by atoms with E-state index in [-0.39, 0.29) is 11.6 Å². The van der Waals surface area contributed by atoms with Crippen molar-refractivity contribution in [3.8, 4) is 11.5 Å². The molecule has 3 rings (SSSR count). The van der Waals surface area contributed by atoms with E-state index in [2.05, 4.69) is 21.9 Å². The molecule has 0 spiro atoms. The summed E-state index contributed by atoms with van der Waals surface area (Å²) in [6.45, 7) is 2.36. The maximum absolute atomic E-state index is 12.0. The van der Waals surface area contributed by atoms with Gasteiger partial charge in [-0.25, -0.2) is 0 Å². The second-order valence-electron chi connectivity index (χ2n) is 4.55. The van der Waals surface area contributed by atoms with Gasteiger partial charge in [0.25, 0.3) is 5.91 Å². The van der Waals surface area contributed by atoms with Gasteiger partial charge in [-0.2, -0.15) is 0 Å². The summed E-state index contributed by atoms with van der Waals surface area (Å²) >= 11 is 0. The van der Waals surface area contributed by atoms with Crippen LogP contribution in [0.2, 0.25) is 0 Å². The first-order chi connectivity index (χ1) is 9.83. The molecule has 0 atom stereocenters. The molecule has 0 saturated heterocycles. The molecular weight excluding hydrogens is 258 g/mol. The second kappa shape index (κ2) is 5.75. The van der Waals surface area contributed by atoms with Crippen molar-refractivity contribution in [2.75, 3.05) is 19.6 Å². The van der Waals surface area contributed by atoms with Gasteiger partial charge in [-0.1, -0.05) is 16.8 Å². The summed E-state index contributed by atoms with van der Waals surface area (Å²) in [7, 11) is 0. The highest BCUT2D eigenvalue weighted by Crippen LogP contribution is 2.20. The first kappa shape index (κ1) is 12.7. The minimum Gasteiger partial charge on any atom is -0.461 e. The molecule has 2 N–H and O–H groups in total. The number of furan rings is 1. The maximum atomic E-state index is 12.0. The summed E-state index contributed by atoms with van der Waals surface area (Å²) in [4.78, 5) is 12.0. The van der Waals surface area contributed by atoms with Crippen LogP contribution in [0, 0.1) is 0 Å². The highest BCUT2D eigenvalue weighted by molar-refractivity contribution is 5.93. The Hall–Kier alpha value is -2.34. The predicted octanol–water partition coefficient (Wildman–Crippen LogP) is 1.58. The van der Waals surface area contributed by atoms with Crippen molar-refractivity contribution in [2.24, 2.45) is 0 Å². The van der Waals surface area contributed by atoms with Crippen molar-refractivity contribution >= 4 is 5.91 Å². The van der Waals surface area contributed by atoms with Crippen molar-refractivity contribution in [1.29, 1.82) is 0 Å². The van der Waals surface area contributed by atoms with Crippen molar-refractivity contribution in [2.45, 2.75) is 6.42 Å². The number of aromatic nitrogens is 1. The molecule has 3 heterocycles. The SMILES string of the molecule is O=C(NCC1=CCNCC1)c1cc(-c2ccco2)on1. The molecule has 104 valence electrons. The fourth-order valence-corrected chi connectivity index (χ4v) is 2.03. The first-order valence-electron chi connectivity index (χ1n) is 6.50. The molecule has 1 aliphatic rings. The van der Waals surface area contributed by atoms with Gasteiger partial charge >= 0.3 is 0 Å². The quantitative estimate of drug-likeness (QED) is 0.827. The van der Waals surface area contributed by atoms with E-state index in [1.54, 1.807) is 24.5 Å². The zero-order valence-corrected chi connectivity index (χ0v) is 10.9. The molecule has 0 unspecified atom stereocenters. The molecule has 0 fully saturated rings. The van der Waals surface area contributed by atoms with E-state index in [0.717, 1.165) is 19.5 Å². The minimum atomic E-state index is -0.244. The van der Waals surface area contributed by atoms with Crippen LogP contribution in [-0.4, -0.2) is 30.7 Å². The van der Waals surface area contributed by atoms with E-state index >= 15 is 0 Å². The molecule has 6 nitrogen and oxygen atoms in total. The van der Waals surface area contributed by atoms with E-state index in [1.807, 2.05) is 0 Å². The largest absolute Gasteiger partial charge is 0.461 e. The molecule has 1 aliphatic heterocycles. The van der Waals surface area contributed by atoms with Crippen LogP contribution in [0.15, 0.2) is 45.1 Å². The third-order valence-corrected chi connectivity index (χ3v) is 3.14. The second-order valence-corrected chi connectivity index (χ2v) is 4.55. The number of nitrogens with zero attached hydrogens (tertiary/aromatic N) is 1. The molecule has 6 heteroatoms. The van der Waals surface area contributed by atoms with Crippen LogP contribution < -0.4 is 10.6 Å². The van der Waals surface area contributed by atoms with Crippen molar-refractivity contribution < 1.29 is 13.7 Å². The lowest BCUT2D eigenvalue weighted by atomic mass is 10.1. The van der Waals surface area contributed by atoms with Gasteiger partial charge in [0, 0.05) is 19.2 Å². The topological polar surface area (TPSA) is 80.3 Å². The van der Waals surface area contributed by atoms with Gasteiger partial charge in [0.1, 0.15) is 0 Å². The number of carbonyl (C=O) groups is 1. The summed E-state index contributed by atoms with van der Waals surface area (Å²) in [6.07, 6.45) is 4.60. The Morgan fingerprint density at radius 1 is 1.45 bits per heavy atom. The molecular formula is C14H15N3O3. The Morgan fingerprint density at radius 3 is 3.15 bits per heavy atom. The van der Waals surface area contributed by atoms with Gasteiger partial charge in [-0.15, -0.1) is 0 Å². The third kappa shape index (κ3) is 2.80. The normalized spacial score (nSPS) is 14.9. The summed E-state index contributed by atoms with van der Waals surface area (Å²) in [5.41, 5.74) is 1.48. The van der Waals surface area contributed by atoms with Crippen LogP contribution in [0.5, 0.6) is 0 Å². The molecule has 0 radical (unpaired) electrons. The molecule has 2 aromatic heterocycles. The fourth-order valence-electron chi connectivity index (χ4n) is 2.03. The Labute approximate surface area is 115 Å². The molecule has 1 amide bonds. The van der Waals surface area contributed by atoms with E-state index in [9.17, 15) is 4.79 Å². The number of hydrogen-bond acceptors (Lipinski definition) is 5. The van der Waals surface area contributed by atoms with Gasteiger partial charge in [0.05, 0.1) is 6.26 Å². The summed E-state index contributed by atoms with van der Waals surface area (Å²) in [5, 5.41) is 9.82. The zero-order chi connectivity index (χ0) is 13.8. The number of rotatable bonds is 4. The van der Waals surface area contributed by atoms with Gasteiger partial charge in [0.2, 0.25) is 5.76 Å². The Morgan fingerprint density at radius 2 is 2.40 bits per heavy atom. The van der Waals surface area contributed by atoms with E-state index in [0.29, 0.717) is 18.1 Å². The van der Waals surface area contributed by atoms with E-state index < -0.39 is 0 Å². The fraction of sp³-hybridized carbons (Fsp3) is 0.286. The van der Waals surface area contributed by atoms with Crippen LogP contribution in [0.4, 0.5) is 0 Å². The summed E-state index contributed by atoms with van der Waals surface area (Å²) in [5.74, 6) is 0.754. The monoisotopic (exact) mass is 273 g/mol. The van der Waals surface area contributed by atoms with E-state index in [1.165, 1.54) is 5.57 Å². The smallest absolute Gasteiger partial charge is 0.273 e. The molecule has 20 heavy (non-hydrogen) atoms. The van der Waals surface area contributed by atoms with Crippen molar-refractivity contribution in [3.05, 3.63) is 41.8 Å². The molecule has 0 bridgehead atoms. The van der Waals surface area contributed by atoms with Crippen molar-refractivity contribution in [3.63, 3.8) is 0 Å². The number of amides is 1. The molecule has 2 aromatic rings. The molecule has 0 aliphatic carbocycles. The zero-order valence-electron chi connectivity index (χ0n) is 10.9. The number of nitrogens with one attached hydrogen (secondary N) is 2. The maximum Gasteiger partial charge on any atom is 0.273 e. The van der Waals surface area contributed by atoms with Crippen LogP contribution >= 0.6 is 0 Å². The Bertz CT molecular complexity index is 613.